The summed E-state index contributed by atoms with van der Waals surface area (Å²) in [4.78, 5) is 20.5. The molecule has 2 N–H and O–H groups in total. The van der Waals surface area contributed by atoms with Crippen LogP contribution in [-0.4, -0.2) is 15.9 Å². The monoisotopic (exact) mass is 343 g/mol. The lowest BCUT2D eigenvalue weighted by molar-refractivity contribution is 0.102. The highest BCUT2D eigenvalue weighted by Crippen LogP contribution is 2.16. The molecule has 3 aromatic rings. The first-order valence-corrected chi connectivity index (χ1v) is 8.17. The summed E-state index contributed by atoms with van der Waals surface area (Å²) in [5.41, 5.74) is 3.53. The molecule has 0 aliphatic carbocycles. The normalized spacial score (nSPS) is 10.0. The number of carbonyl (C=O) groups excluding carboxylic acids is 1. The highest BCUT2D eigenvalue weighted by molar-refractivity contribution is 6.03. The van der Waals surface area contributed by atoms with Crippen molar-refractivity contribution in [3.63, 3.8) is 0 Å². The predicted octanol–water partition coefficient (Wildman–Crippen LogP) is 3.91. The van der Waals surface area contributed by atoms with E-state index in [-0.39, 0.29) is 11.6 Å². The molecule has 6 nitrogen and oxygen atoms in total. The molecule has 1 amide bonds. The third-order valence-corrected chi connectivity index (χ3v) is 3.81. The minimum absolute atomic E-state index is 0.260. The van der Waals surface area contributed by atoms with Crippen molar-refractivity contribution >= 4 is 23.1 Å². The SMILES string of the molecule is CCc1ccc(NC(=O)c2cc(Nc3ccc(C#N)cc3)ncn2)cc1. The van der Waals surface area contributed by atoms with Gasteiger partial charge in [-0.15, -0.1) is 0 Å². The lowest BCUT2D eigenvalue weighted by atomic mass is 10.1. The van der Waals surface area contributed by atoms with Crippen LogP contribution in [0.1, 0.15) is 28.5 Å². The van der Waals surface area contributed by atoms with Crippen molar-refractivity contribution in [3.05, 3.63) is 77.7 Å². The Labute approximate surface area is 151 Å². The van der Waals surface area contributed by atoms with Gasteiger partial charge in [0.2, 0.25) is 0 Å². The molecule has 0 saturated carbocycles. The highest BCUT2D eigenvalue weighted by atomic mass is 16.1. The van der Waals surface area contributed by atoms with Gasteiger partial charge < -0.3 is 10.6 Å². The van der Waals surface area contributed by atoms with Gasteiger partial charge in [-0.25, -0.2) is 9.97 Å². The molecule has 0 aliphatic rings. The molecule has 0 fully saturated rings. The molecule has 0 unspecified atom stereocenters. The molecule has 0 spiro atoms. The van der Waals surface area contributed by atoms with Crippen molar-refractivity contribution in [2.75, 3.05) is 10.6 Å². The molecule has 1 heterocycles. The maximum atomic E-state index is 12.4. The Morgan fingerprint density at radius 3 is 2.38 bits per heavy atom. The van der Waals surface area contributed by atoms with Gasteiger partial charge in [0.05, 0.1) is 11.6 Å². The van der Waals surface area contributed by atoms with E-state index in [1.165, 1.54) is 11.9 Å². The number of nitriles is 1. The van der Waals surface area contributed by atoms with Gasteiger partial charge in [0, 0.05) is 17.4 Å². The van der Waals surface area contributed by atoms with E-state index in [0.717, 1.165) is 12.1 Å². The lowest BCUT2D eigenvalue weighted by Gasteiger charge is -2.08. The van der Waals surface area contributed by atoms with Crippen LogP contribution in [0.15, 0.2) is 60.9 Å². The molecular weight excluding hydrogens is 326 g/mol. The summed E-state index contributed by atoms with van der Waals surface area (Å²) < 4.78 is 0. The van der Waals surface area contributed by atoms with Crippen LogP contribution in [0.2, 0.25) is 0 Å². The summed E-state index contributed by atoms with van der Waals surface area (Å²) in [6.07, 6.45) is 2.28. The third-order valence-electron chi connectivity index (χ3n) is 3.81. The van der Waals surface area contributed by atoms with E-state index in [4.69, 9.17) is 5.26 Å². The number of hydrogen-bond donors (Lipinski definition) is 2. The van der Waals surface area contributed by atoms with Crippen LogP contribution >= 0.6 is 0 Å². The van der Waals surface area contributed by atoms with E-state index in [9.17, 15) is 4.79 Å². The van der Waals surface area contributed by atoms with E-state index >= 15 is 0 Å². The predicted molar refractivity (Wildman–Crippen MR) is 100 cm³/mol. The fourth-order valence-electron chi connectivity index (χ4n) is 2.34. The van der Waals surface area contributed by atoms with Crippen LogP contribution in [0, 0.1) is 11.3 Å². The summed E-state index contributed by atoms with van der Waals surface area (Å²) in [6, 6.07) is 18.3. The Morgan fingerprint density at radius 1 is 1.04 bits per heavy atom. The summed E-state index contributed by atoms with van der Waals surface area (Å²) >= 11 is 0. The number of nitrogens with one attached hydrogen (secondary N) is 2. The van der Waals surface area contributed by atoms with E-state index in [0.29, 0.717) is 17.1 Å². The summed E-state index contributed by atoms with van der Waals surface area (Å²) in [5, 5.41) is 14.7. The molecule has 0 radical (unpaired) electrons. The zero-order valence-corrected chi connectivity index (χ0v) is 14.2. The van der Waals surface area contributed by atoms with Gasteiger partial charge in [-0.2, -0.15) is 5.26 Å². The molecule has 0 bridgehead atoms. The highest BCUT2D eigenvalue weighted by Gasteiger charge is 2.09. The number of nitrogens with zero attached hydrogens (tertiary/aromatic N) is 3. The fourth-order valence-corrected chi connectivity index (χ4v) is 2.34. The number of carbonyl (C=O) groups is 1. The second-order valence-corrected chi connectivity index (χ2v) is 5.61. The van der Waals surface area contributed by atoms with Gasteiger partial charge in [-0.05, 0) is 48.4 Å². The second-order valence-electron chi connectivity index (χ2n) is 5.61. The van der Waals surface area contributed by atoms with Gasteiger partial charge in [-0.1, -0.05) is 19.1 Å². The van der Waals surface area contributed by atoms with Gasteiger partial charge in [0.1, 0.15) is 17.8 Å². The minimum Gasteiger partial charge on any atom is -0.340 e. The number of benzene rings is 2. The molecule has 3 rings (SSSR count). The molecule has 0 aliphatic heterocycles. The van der Waals surface area contributed by atoms with Crippen LogP contribution in [0.5, 0.6) is 0 Å². The Hall–Kier alpha value is -3.72. The van der Waals surface area contributed by atoms with Gasteiger partial charge in [0.25, 0.3) is 5.91 Å². The van der Waals surface area contributed by atoms with Crippen LogP contribution in [0.4, 0.5) is 17.2 Å². The van der Waals surface area contributed by atoms with Crippen molar-refractivity contribution in [3.8, 4) is 6.07 Å². The molecule has 0 saturated heterocycles. The summed E-state index contributed by atoms with van der Waals surface area (Å²) in [7, 11) is 0. The minimum atomic E-state index is -0.306. The number of aryl methyl sites for hydroxylation is 1. The number of anilines is 3. The average molecular weight is 343 g/mol. The first kappa shape index (κ1) is 17.1. The average Bonchev–Trinajstić information content (AvgIpc) is 2.69. The Morgan fingerprint density at radius 2 is 1.73 bits per heavy atom. The van der Waals surface area contributed by atoms with Crippen LogP contribution < -0.4 is 10.6 Å². The zero-order valence-electron chi connectivity index (χ0n) is 14.2. The lowest BCUT2D eigenvalue weighted by Crippen LogP contribution is -2.14. The largest absolute Gasteiger partial charge is 0.340 e. The van der Waals surface area contributed by atoms with Gasteiger partial charge >= 0.3 is 0 Å². The van der Waals surface area contributed by atoms with Crippen LogP contribution in [0.25, 0.3) is 0 Å². The second kappa shape index (κ2) is 7.90. The Bertz CT molecular complexity index is 943. The van der Waals surface area contributed by atoms with Crippen molar-refractivity contribution in [2.24, 2.45) is 0 Å². The standard InChI is InChI=1S/C20H17N5O/c1-2-14-3-7-17(8-4-14)25-20(26)18-11-19(23-13-22-18)24-16-9-5-15(12-21)6-10-16/h3-11,13H,2H2,1H3,(H,25,26)(H,22,23,24). The van der Waals surface area contributed by atoms with E-state index in [1.807, 2.05) is 24.3 Å². The fraction of sp³-hybridized carbons (Fsp3) is 0.100. The van der Waals surface area contributed by atoms with E-state index in [2.05, 4.69) is 33.6 Å². The number of rotatable bonds is 5. The molecule has 26 heavy (non-hydrogen) atoms. The van der Waals surface area contributed by atoms with E-state index < -0.39 is 0 Å². The van der Waals surface area contributed by atoms with Crippen molar-refractivity contribution in [2.45, 2.75) is 13.3 Å². The number of aromatic nitrogens is 2. The smallest absolute Gasteiger partial charge is 0.274 e. The number of hydrogen-bond acceptors (Lipinski definition) is 5. The maximum absolute atomic E-state index is 12.4. The molecule has 6 heteroatoms. The van der Waals surface area contributed by atoms with Gasteiger partial charge in [-0.3, -0.25) is 4.79 Å². The topological polar surface area (TPSA) is 90.7 Å². The van der Waals surface area contributed by atoms with Crippen LogP contribution in [-0.2, 0) is 6.42 Å². The molecule has 128 valence electrons. The summed E-state index contributed by atoms with van der Waals surface area (Å²) in [5.74, 6) is 0.190. The van der Waals surface area contributed by atoms with Crippen LogP contribution in [0.3, 0.4) is 0 Å². The van der Waals surface area contributed by atoms with E-state index in [1.54, 1.807) is 30.3 Å². The zero-order chi connectivity index (χ0) is 18.4. The maximum Gasteiger partial charge on any atom is 0.274 e. The Balaban J connectivity index is 1.71. The van der Waals surface area contributed by atoms with Crippen molar-refractivity contribution < 1.29 is 4.79 Å². The van der Waals surface area contributed by atoms with Crippen molar-refractivity contribution in [1.29, 1.82) is 5.26 Å². The molecule has 2 aromatic carbocycles. The quantitative estimate of drug-likeness (QED) is 0.733. The van der Waals surface area contributed by atoms with Crippen molar-refractivity contribution in [1.82, 2.24) is 9.97 Å². The first-order valence-electron chi connectivity index (χ1n) is 8.17. The molecule has 0 atom stereocenters. The van der Waals surface area contributed by atoms with Gasteiger partial charge in [0.15, 0.2) is 0 Å². The molecular formula is C20H17N5O. The summed E-state index contributed by atoms with van der Waals surface area (Å²) in [6.45, 7) is 2.08. The first-order chi connectivity index (χ1) is 12.7. The Kier molecular flexibility index (Phi) is 5.20. The number of amides is 1. The molecule has 1 aromatic heterocycles. The third kappa shape index (κ3) is 4.22.